The van der Waals surface area contributed by atoms with E-state index in [0.29, 0.717) is 30.2 Å². The first kappa shape index (κ1) is 37.1. The molecule has 3 rings (SSSR count). The summed E-state index contributed by atoms with van der Waals surface area (Å²) in [5.74, 6) is 0.218. The lowest BCUT2D eigenvalue weighted by Crippen LogP contribution is -2.48. The number of hydrogen-bond donors (Lipinski definition) is 3. The second kappa shape index (κ2) is 17.0. The number of sulfonamides is 1. The molecular weight excluding hydrogens is 612 g/mol. The van der Waals surface area contributed by atoms with Gasteiger partial charge in [0.1, 0.15) is 11.5 Å². The topological polar surface area (TPSA) is 147 Å². The highest BCUT2D eigenvalue weighted by molar-refractivity contribution is 7.89. The summed E-state index contributed by atoms with van der Waals surface area (Å²) >= 11 is 0. The Kier molecular flexibility index (Phi) is 13.7. The molecule has 1 aliphatic heterocycles. The van der Waals surface area contributed by atoms with Crippen molar-refractivity contribution >= 4 is 27.6 Å². The van der Waals surface area contributed by atoms with Crippen molar-refractivity contribution < 1.29 is 37.3 Å². The number of nitrogens with zero attached hydrogens (tertiary/aromatic N) is 2. The molecule has 4 atom stereocenters. The Hall–Kier alpha value is -3.39. The summed E-state index contributed by atoms with van der Waals surface area (Å²) in [5, 5.41) is 15.7. The molecule has 0 spiro atoms. The smallest absolute Gasteiger partial charge is 0.319 e. The largest absolute Gasteiger partial charge is 0.497 e. The number of nitrogens with one attached hydrogen (secondary N) is 2. The van der Waals surface area contributed by atoms with E-state index in [-0.39, 0.29) is 48.2 Å². The molecule has 1 heterocycles. The fraction of sp³-hybridized carbons (Fsp3) is 0.576. The number of urea groups is 1. The average Bonchev–Trinajstić information content (AvgIpc) is 3.01. The molecule has 3 amide bonds. The lowest BCUT2D eigenvalue weighted by Gasteiger charge is -2.35. The van der Waals surface area contributed by atoms with Crippen LogP contribution in [0.4, 0.5) is 10.5 Å². The second-order valence-corrected chi connectivity index (χ2v) is 14.3. The van der Waals surface area contributed by atoms with E-state index in [1.54, 1.807) is 42.2 Å². The summed E-state index contributed by atoms with van der Waals surface area (Å²) in [4.78, 5) is 28.4. The second-order valence-electron chi connectivity index (χ2n) is 12.2. The minimum absolute atomic E-state index is 0.0558. The number of amides is 3. The summed E-state index contributed by atoms with van der Waals surface area (Å²) in [6.07, 6.45) is 1.48. The van der Waals surface area contributed by atoms with Gasteiger partial charge in [-0.3, -0.25) is 4.79 Å². The summed E-state index contributed by atoms with van der Waals surface area (Å²) < 4.78 is 45.9. The fourth-order valence-electron chi connectivity index (χ4n) is 5.17. The van der Waals surface area contributed by atoms with Gasteiger partial charge in [-0.05, 0) is 89.4 Å². The number of anilines is 1. The van der Waals surface area contributed by atoms with Gasteiger partial charge in [-0.25, -0.2) is 13.2 Å². The number of likely N-dealkylation sites (N-methyl/N-ethyl adjacent to an activating group) is 1. The zero-order chi connectivity index (χ0) is 34.0. The number of aliphatic hydroxyl groups excluding tert-OH is 1. The van der Waals surface area contributed by atoms with Gasteiger partial charge in [0.2, 0.25) is 10.0 Å². The molecule has 0 bridgehead atoms. The molecule has 0 fully saturated rings. The van der Waals surface area contributed by atoms with Crippen molar-refractivity contribution in [3.63, 3.8) is 0 Å². The lowest BCUT2D eigenvalue weighted by atomic mass is 10.0. The molecule has 3 N–H and O–H groups in total. The summed E-state index contributed by atoms with van der Waals surface area (Å²) in [6.45, 7) is 9.61. The molecule has 13 heteroatoms. The van der Waals surface area contributed by atoms with Gasteiger partial charge in [0.25, 0.3) is 5.91 Å². The van der Waals surface area contributed by atoms with E-state index in [0.717, 1.165) is 12.8 Å². The molecule has 1 aliphatic rings. The standard InChI is InChI=1S/C33H50N4O8S/c1-22(2)34-33(40)35-26-11-16-30-29(18-26)32(39)37(24(4)21-38)19-23(3)31(44-17-9-8-10-25(5)45-30)20-36(6)46(41,42)28-14-12-27(43-7)13-15-28/h11-16,18,22-25,31,38H,8-10,17,19-21H2,1-7H3,(H2,34,35,40)/t23-,24+,25+,31+/m1/s1. The normalized spacial score (nSPS) is 20.8. The molecule has 0 unspecified atom stereocenters. The van der Waals surface area contributed by atoms with Crippen LogP contribution in [0.5, 0.6) is 11.5 Å². The molecule has 256 valence electrons. The maximum Gasteiger partial charge on any atom is 0.319 e. The number of ether oxygens (including phenoxy) is 3. The molecule has 0 aromatic heterocycles. The van der Waals surface area contributed by atoms with Gasteiger partial charge in [-0.1, -0.05) is 6.92 Å². The van der Waals surface area contributed by atoms with Crippen LogP contribution in [0.15, 0.2) is 47.4 Å². The number of carbonyl (C=O) groups excluding carboxylic acids is 2. The molecule has 2 aromatic carbocycles. The molecule has 12 nitrogen and oxygen atoms in total. The van der Waals surface area contributed by atoms with E-state index < -0.39 is 34.1 Å². The Balaban J connectivity index is 1.95. The van der Waals surface area contributed by atoms with Crippen LogP contribution in [0.1, 0.15) is 64.2 Å². The van der Waals surface area contributed by atoms with Crippen molar-refractivity contribution in [1.82, 2.24) is 14.5 Å². The highest BCUT2D eigenvalue weighted by Crippen LogP contribution is 2.29. The highest BCUT2D eigenvalue weighted by atomic mass is 32.2. The molecule has 0 saturated heterocycles. The van der Waals surface area contributed by atoms with Gasteiger partial charge in [0.15, 0.2) is 0 Å². The predicted octanol–water partition coefficient (Wildman–Crippen LogP) is 4.34. The minimum atomic E-state index is -3.84. The number of hydrogen-bond acceptors (Lipinski definition) is 8. The highest BCUT2D eigenvalue weighted by Gasteiger charge is 2.32. The number of aliphatic hydroxyl groups is 1. The lowest BCUT2D eigenvalue weighted by molar-refractivity contribution is -0.00834. The van der Waals surface area contributed by atoms with Crippen LogP contribution in [0.25, 0.3) is 0 Å². The van der Waals surface area contributed by atoms with Gasteiger partial charge in [0, 0.05) is 44.4 Å². The van der Waals surface area contributed by atoms with Crippen molar-refractivity contribution in [1.29, 1.82) is 0 Å². The van der Waals surface area contributed by atoms with E-state index in [1.165, 1.54) is 30.6 Å². The van der Waals surface area contributed by atoms with Crippen LogP contribution in [-0.2, 0) is 14.8 Å². The molecule has 46 heavy (non-hydrogen) atoms. The molecule has 0 saturated carbocycles. The van der Waals surface area contributed by atoms with Crippen LogP contribution >= 0.6 is 0 Å². The van der Waals surface area contributed by atoms with Crippen LogP contribution in [0.3, 0.4) is 0 Å². The van der Waals surface area contributed by atoms with Crippen LogP contribution in [0.2, 0.25) is 0 Å². The van der Waals surface area contributed by atoms with E-state index in [9.17, 15) is 23.1 Å². The first-order valence-electron chi connectivity index (χ1n) is 15.8. The number of carbonyl (C=O) groups is 2. The predicted molar refractivity (Wildman–Crippen MR) is 177 cm³/mol. The number of methoxy groups -OCH3 is 1. The maximum atomic E-state index is 14.2. The van der Waals surface area contributed by atoms with E-state index in [1.807, 2.05) is 27.7 Å². The van der Waals surface area contributed by atoms with Crippen molar-refractivity contribution in [2.45, 2.75) is 83.1 Å². The molecule has 2 aromatic rings. The van der Waals surface area contributed by atoms with Crippen LogP contribution in [-0.4, -0.2) is 99.4 Å². The number of benzene rings is 2. The quantitative estimate of drug-likeness (QED) is 0.360. The van der Waals surface area contributed by atoms with Crippen molar-refractivity contribution in [2.24, 2.45) is 5.92 Å². The summed E-state index contributed by atoms with van der Waals surface area (Å²) in [6, 6.07) is 10.1. The summed E-state index contributed by atoms with van der Waals surface area (Å²) in [7, 11) is -0.813. The van der Waals surface area contributed by atoms with Crippen molar-refractivity contribution in [3.8, 4) is 11.5 Å². The van der Waals surface area contributed by atoms with Crippen molar-refractivity contribution in [3.05, 3.63) is 48.0 Å². The molecular formula is C33H50N4O8S. The third-order valence-corrected chi connectivity index (χ3v) is 9.77. The minimum Gasteiger partial charge on any atom is -0.497 e. The zero-order valence-corrected chi connectivity index (χ0v) is 28.8. The zero-order valence-electron chi connectivity index (χ0n) is 28.0. The van der Waals surface area contributed by atoms with Gasteiger partial charge >= 0.3 is 6.03 Å². The maximum absolute atomic E-state index is 14.2. The van der Waals surface area contributed by atoms with Gasteiger partial charge in [0.05, 0.1) is 42.4 Å². The molecule has 0 aliphatic carbocycles. The van der Waals surface area contributed by atoms with Gasteiger partial charge in [-0.15, -0.1) is 0 Å². The molecule has 0 radical (unpaired) electrons. The summed E-state index contributed by atoms with van der Waals surface area (Å²) in [5.41, 5.74) is 0.661. The average molecular weight is 663 g/mol. The Bertz CT molecular complexity index is 1400. The number of fused-ring (bicyclic) bond motifs is 1. The van der Waals surface area contributed by atoms with Gasteiger partial charge in [-0.2, -0.15) is 4.31 Å². The van der Waals surface area contributed by atoms with Crippen LogP contribution in [0, 0.1) is 5.92 Å². The monoisotopic (exact) mass is 662 g/mol. The Morgan fingerprint density at radius 1 is 1.13 bits per heavy atom. The first-order chi connectivity index (χ1) is 21.8. The Labute approximate surface area is 273 Å². The van der Waals surface area contributed by atoms with Crippen molar-refractivity contribution in [2.75, 3.05) is 45.8 Å². The van der Waals surface area contributed by atoms with E-state index in [2.05, 4.69) is 10.6 Å². The SMILES string of the molecule is COc1ccc(S(=O)(=O)N(C)C[C@@H]2OCCCC[C@H](C)Oc3ccc(NC(=O)NC(C)C)cc3C(=O)N([C@@H](C)CO)C[C@H]2C)cc1. The third kappa shape index (κ3) is 10.1. The Morgan fingerprint density at radius 2 is 1.83 bits per heavy atom. The van der Waals surface area contributed by atoms with Crippen LogP contribution < -0.4 is 20.1 Å². The fourth-order valence-corrected chi connectivity index (χ4v) is 6.35. The third-order valence-electron chi connectivity index (χ3n) is 7.93. The van der Waals surface area contributed by atoms with Gasteiger partial charge < -0.3 is 34.9 Å². The van der Waals surface area contributed by atoms with E-state index in [4.69, 9.17) is 14.2 Å². The Morgan fingerprint density at radius 3 is 2.46 bits per heavy atom. The van der Waals surface area contributed by atoms with E-state index >= 15 is 0 Å². The number of rotatable bonds is 9. The first-order valence-corrected chi connectivity index (χ1v) is 17.2.